The van der Waals surface area contributed by atoms with Crippen molar-refractivity contribution in [2.24, 2.45) is 5.10 Å². The average Bonchev–Trinajstić information content (AvgIpc) is 2.48. The van der Waals surface area contributed by atoms with E-state index in [-0.39, 0.29) is 10.8 Å². The van der Waals surface area contributed by atoms with Crippen molar-refractivity contribution in [2.75, 3.05) is 11.7 Å². The van der Waals surface area contributed by atoms with Crippen molar-refractivity contribution in [3.05, 3.63) is 52.7 Å². The standard InChI is InChI=1S/C14H11ClF3N3S/c1-22-11-4-2-9(3-5-11)7-20-21-13-12(15)6-10(8-19-13)14(16,17)18/h2-8H,1H3,(H,19,21)/b20-7-. The second-order valence-corrected chi connectivity index (χ2v) is 5.48. The van der Waals surface area contributed by atoms with Gasteiger partial charge in [0.15, 0.2) is 5.82 Å². The number of nitrogens with one attached hydrogen (secondary N) is 1. The number of anilines is 1. The van der Waals surface area contributed by atoms with Gasteiger partial charge in [-0.25, -0.2) is 4.98 Å². The van der Waals surface area contributed by atoms with Crippen molar-refractivity contribution in [3.8, 4) is 0 Å². The Balaban J connectivity index is 2.06. The third-order valence-electron chi connectivity index (χ3n) is 2.67. The van der Waals surface area contributed by atoms with E-state index in [0.717, 1.165) is 16.5 Å². The molecule has 2 aromatic rings. The topological polar surface area (TPSA) is 37.3 Å². The molecule has 1 heterocycles. The van der Waals surface area contributed by atoms with Gasteiger partial charge in [0.05, 0.1) is 16.8 Å². The van der Waals surface area contributed by atoms with Gasteiger partial charge in [-0.15, -0.1) is 11.8 Å². The van der Waals surface area contributed by atoms with E-state index >= 15 is 0 Å². The Morgan fingerprint density at radius 1 is 1.27 bits per heavy atom. The van der Waals surface area contributed by atoms with E-state index < -0.39 is 11.7 Å². The summed E-state index contributed by atoms with van der Waals surface area (Å²) in [6, 6.07) is 8.43. The number of hydrogen-bond acceptors (Lipinski definition) is 4. The molecule has 3 nitrogen and oxygen atoms in total. The Labute approximate surface area is 134 Å². The van der Waals surface area contributed by atoms with Crippen molar-refractivity contribution in [1.29, 1.82) is 0 Å². The second-order valence-electron chi connectivity index (χ2n) is 4.20. The highest BCUT2D eigenvalue weighted by Gasteiger charge is 2.31. The molecule has 0 bridgehead atoms. The maximum absolute atomic E-state index is 12.5. The zero-order valence-corrected chi connectivity index (χ0v) is 12.9. The fourth-order valence-corrected chi connectivity index (χ4v) is 2.15. The van der Waals surface area contributed by atoms with Gasteiger partial charge in [0, 0.05) is 11.1 Å². The minimum atomic E-state index is -4.47. The third kappa shape index (κ3) is 4.38. The first-order valence-electron chi connectivity index (χ1n) is 6.06. The van der Waals surface area contributed by atoms with Crippen LogP contribution in [0, 0.1) is 0 Å². The molecule has 0 aliphatic heterocycles. The molecular formula is C14H11ClF3N3S. The van der Waals surface area contributed by atoms with E-state index in [4.69, 9.17) is 11.6 Å². The van der Waals surface area contributed by atoms with Gasteiger partial charge in [0.1, 0.15) is 0 Å². The predicted octanol–water partition coefficient (Wildman–Crippen LogP) is 4.92. The van der Waals surface area contributed by atoms with E-state index in [9.17, 15) is 13.2 Å². The van der Waals surface area contributed by atoms with E-state index in [1.54, 1.807) is 11.8 Å². The zero-order chi connectivity index (χ0) is 16.2. The number of aromatic nitrogens is 1. The summed E-state index contributed by atoms with van der Waals surface area (Å²) in [5.41, 5.74) is 2.46. The van der Waals surface area contributed by atoms with Crippen molar-refractivity contribution in [2.45, 2.75) is 11.1 Å². The number of benzene rings is 1. The molecule has 1 aromatic carbocycles. The van der Waals surface area contributed by atoms with Gasteiger partial charge in [-0.1, -0.05) is 23.7 Å². The first-order chi connectivity index (χ1) is 10.4. The summed E-state index contributed by atoms with van der Waals surface area (Å²) in [6.07, 6.45) is -0.267. The molecule has 1 aromatic heterocycles. The molecular weight excluding hydrogens is 335 g/mol. The molecule has 0 fully saturated rings. The van der Waals surface area contributed by atoms with Crippen molar-refractivity contribution in [1.82, 2.24) is 4.98 Å². The second kappa shape index (κ2) is 7.02. The van der Waals surface area contributed by atoms with Crippen LogP contribution in [0.2, 0.25) is 5.02 Å². The molecule has 1 N–H and O–H groups in total. The maximum Gasteiger partial charge on any atom is 0.417 e. The molecule has 22 heavy (non-hydrogen) atoms. The Morgan fingerprint density at radius 3 is 2.50 bits per heavy atom. The van der Waals surface area contributed by atoms with Gasteiger partial charge in [-0.2, -0.15) is 18.3 Å². The largest absolute Gasteiger partial charge is 0.417 e. The van der Waals surface area contributed by atoms with Crippen LogP contribution in [-0.2, 0) is 6.18 Å². The minimum absolute atomic E-state index is 0.0617. The molecule has 0 amide bonds. The molecule has 2 rings (SSSR count). The monoisotopic (exact) mass is 345 g/mol. The smallest absolute Gasteiger partial charge is 0.260 e. The summed E-state index contributed by atoms with van der Waals surface area (Å²) in [7, 11) is 0. The number of thioether (sulfide) groups is 1. The van der Waals surface area contributed by atoms with E-state index in [2.05, 4.69) is 15.5 Å². The van der Waals surface area contributed by atoms with E-state index in [1.165, 1.54) is 6.21 Å². The van der Waals surface area contributed by atoms with Crippen LogP contribution in [0.15, 0.2) is 46.5 Å². The number of rotatable bonds is 4. The average molecular weight is 346 g/mol. The molecule has 0 aliphatic carbocycles. The molecule has 0 aliphatic rings. The lowest BCUT2D eigenvalue weighted by molar-refractivity contribution is -0.137. The molecule has 8 heteroatoms. The summed E-state index contributed by atoms with van der Waals surface area (Å²) in [5.74, 6) is 0.0617. The van der Waals surface area contributed by atoms with Crippen LogP contribution in [0.1, 0.15) is 11.1 Å². The normalized spacial score (nSPS) is 11.9. The van der Waals surface area contributed by atoms with E-state index in [0.29, 0.717) is 6.20 Å². The van der Waals surface area contributed by atoms with Gasteiger partial charge >= 0.3 is 6.18 Å². The molecule has 0 radical (unpaired) electrons. The highest BCUT2D eigenvalue weighted by Crippen LogP contribution is 2.32. The number of nitrogens with zero attached hydrogens (tertiary/aromatic N) is 2. The number of pyridine rings is 1. The Hall–Kier alpha value is -1.73. The lowest BCUT2D eigenvalue weighted by atomic mass is 10.2. The molecule has 0 atom stereocenters. The SMILES string of the molecule is CSc1ccc(/C=N\Nc2ncc(C(F)(F)F)cc2Cl)cc1. The lowest BCUT2D eigenvalue weighted by Crippen LogP contribution is -2.06. The molecule has 0 saturated heterocycles. The highest BCUT2D eigenvalue weighted by atomic mass is 35.5. The Morgan fingerprint density at radius 2 is 1.95 bits per heavy atom. The molecule has 0 unspecified atom stereocenters. The summed E-state index contributed by atoms with van der Waals surface area (Å²) in [5, 5.41) is 3.76. The quantitative estimate of drug-likeness (QED) is 0.485. The Bertz CT molecular complexity index is 672. The van der Waals surface area contributed by atoms with Crippen LogP contribution in [0.5, 0.6) is 0 Å². The van der Waals surface area contributed by atoms with Crippen LogP contribution < -0.4 is 5.43 Å². The summed E-state index contributed by atoms with van der Waals surface area (Å²) in [4.78, 5) is 4.75. The van der Waals surface area contributed by atoms with Gasteiger partial charge in [0.2, 0.25) is 0 Å². The predicted molar refractivity (Wildman–Crippen MR) is 83.7 cm³/mol. The summed E-state index contributed by atoms with van der Waals surface area (Å²) >= 11 is 7.38. The summed E-state index contributed by atoms with van der Waals surface area (Å²) < 4.78 is 37.5. The number of hydrazone groups is 1. The molecule has 0 saturated carbocycles. The van der Waals surface area contributed by atoms with E-state index in [1.807, 2.05) is 30.5 Å². The lowest BCUT2D eigenvalue weighted by Gasteiger charge is -2.08. The first kappa shape index (κ1) is 16.6. The number of hydrogen-bond donors (Lipinski definition) is 1. The van der Waals surface area contributed by atoms with Gasteiger partial charge < -0.3 is 0 Å². The maximum atomic E-state index is 12.5. The van der Waals surface area contributed by atoms with Crippen LogP contribution >= 0.6 is 23.4 Å². The van der Waals surface area contributed by atoms with Gasteiger partial charge in [-0.3, -0.25) is 5.43 Å². The van der Waals surface area contributed by atoms with Crippen LogP contribution in [0.25, 0.3) is 0 Å². The van der Waals surface area contributed by atoms with Crippen molar-refractivity contribution >= 4 is 35.4 Å². The fraction of sp³-hybridized carbons (Fsp3) is 0.143. The fourth-order valence-electron chi connectivity index (χ4n) is 1.53. The zero-order valence-electron chi connectivity index (χ0n) is 11.4. The molecule has 0 spiro atoms. The number of alkyl halides is 3. The van der Waals surface area contributed by atoms with Crippen molar-refractivity contribution < 1.29 is 13.2 Å². The van der Waals surface area contributed by atoms with Gasteiger partial charge in [0.25, 0.3) is 0 Å². The summed E-state index contributed by atoms with van der Waals surface area (Å²) in [6.45, 7) is 0. The van der Waals surface area contributed by atoms with Crippen LogP contribution in [0.4, 0.5) is 19.0 Å². The minimum Gasteiger partial charge on any atom is -0.260 e. The van der Waals surface area contributed by atoms with Crippen LogP contribution in [0.3, 0.4) is 0 Å². The highest BCUT2D eigenvalue weighted by molar-refractivity contribution is 7.98. The third-order valence-corrected chi connectivity index (χ3v) is 3.70. The van der Waals surface area contributed by atoms with Crippen LogP contribution in [-0.4, -0.2) is 17.5 Å². The number of halogens is 4. The van der Waals surface area contributed by atoms with Crippen molar-refractivity contribution in [3.63, 3.8) is 0 Å². The first-order valence-corrected chi connectivity index (χ1v) is 7.66. The van der Waals surface area contributed by atoms with Gasteiger partial charge in [-0.05, 0) is 30.0 Å². The molecule has 116 valence electrons. The Kier molecular flexibility index (Phi) is 5.31.